The highest BCUT2D eigenvalue weighted by molar-refractivity contribution is 6.10. The topological polar surface area (TPSA) is 0 Å². The Labute approximate surface area is 98.5 Å². The molecule has 0 spiro atoms. The third-order valence-corrected chi connectivity index (χ3v) is 3.53. The molecule has 0 saturated carbocycles. The molecule has 0 aliphatic heterocycles. The molecule has 0 aliphatic carbocycles. The van der Waals surface area contributed by atoms with Crippen molar-refractivity contribution in [3.05, 3.63) is 0 Å². The highest BCUT2D eigenvalue weighted by atomic mass is 28.1. The molecule has 0 aromatic rings. The van der Waals surface area contributed by atoms with Crippen LogP contribution in [0.25, 0.3) is 0 Å². The summed E-state index contributed by atoms with van der Waals surface area (Å²) in [6.07, 6.45) is 14.2. The van der Waals surface area contributed by atoms with Crippen LogP contribution < -0.4 is 0 Å². The average molecular weight is 232 g/mol. The summed E-state index contributed by atoms with van der Waals surface area (Å²) in [5.74, 6) is -0.459. The fourth-order valence-corrected chi connectivity index (χ4v) is 2.32. The molecule has 0 radical (unpaired) electrons. The van der Waals surface area contributed by atoms with Gasteiger partial charge in [-0.1, -0.05) is 71.1 Å². The lowest BCUT2D eigenvalue weighted by molar-refractivity contribution is 0.402. The van der Waals surface area contributed by atoms with Crippen LogP contribution in [0.2, 0.25) is 0 Å². The van der Waals surface area contributed by atoms with Crippen molar-refractivity contribution in [3.8, 4) is 0 Å². The number of hydrogen-bond acceptors (Lipinski definition) is 0. The Hall–Kier alpha value is 0.147. The number of rotatable bonds is 11. The maximum absolute atomic E-state index is 12.5. The molecule has 0 aliphatic rings. The third-order valence-electron chi connectivity index (χ3n) is 2.96. The smallest absolute Gasteiger partial charge is 0.0797 e. The normalized spacial score (nSPS) is 13.2. The standard InChI is InChI=1S/C13H29FSi/c1-2-3-4-5-6-7-8-9-10-11-12-13(14)15/h13H,2-12H2,1,15H3. The van der Waals surface area contributed by atoms with E-state index in [0.717, 1.165) is 23.1 Å². The lowest BCUT2D eigenvalue weighted by Crippen LogP contribution is -1.97. The van der Waals surface area contributed by atoms with Crippen LogP contribution in [-0.2, 0) is 0 Å². The Kier molecular flexibility index (Phi) is 12.3. The van der Waals surface area contributed by atoms with Crippen LogP contribution in [0.4, 0.5) is 4.39 Å². The first-order chi connectivity index (χ1) is 7.27. The van der Waals surface area contributed by atoms with Gasteiger partial charge in [0, 0.05) is 10.2 Å². The summed E-state index contributed by atoms with van der Waals surface area (Å²) in [5, 5.41) is 0. The van der Waals surface area contributed by atoms with E-state index in [-0.39, 0.29) is 0 Å². The first-order valence-corrected chi connectivity index (χ1v) is 8.07. The SMILES string of the molecule is CCCCCCCCCCCCC(F)[SiH3]. The molecule has 0 heterocycles. The molecule has 0 N–H and O–H groups in total. The van der Waals surface area contributed by atoms with Crippen molar-refractivity contribution in [1.29, 1.82) is 0 Å². The predicted octanol–water partition coefficient (Wildman–Crippen LogP) is 3.96. The monoisotopic (exact) mass is 232 g/mol. The van der Waals surface area contributed by atoms with Crippen molar-refractivity contribution >= 4 is 10.2 Å². The van der Waals surface area contributed by atoms with Gasteiger partial charge in [0.25, 0.3) is 0 Å². The molecule has 0 nitrogen and oxygen atoms in total. The van der Waals surface area contributed by atoms with E-state index in [1.807, 2.05) is 0 Å². The van der Waals surface area contributed by atoms with Crippen molar-refractivity contribution in [1.82, 2.24) is 0 Å². The fourth-order valence-electron chi connectivity index (χ4n) is 1.91. The highest BCUT2D eigenvalue weighted by Crippen LogP contribution is 2.11. The molecule has 0 aromatic carbocycles. The van der Waals surface area contributed by atoms with E-state index in [4.69, 9.17) is 0 Å². The minimum atomic E-state index is -0.459. The Balaban J connectivity index is 2.87. The first kappa shape index (κ1) is 15.1. The molecule has 0 amide bonds. The lowest BCUT2D eigenvalue weighted by atomic mass is 10.1. The molecule has 92 valence electrons. The molecule has 1 unspecified atom stereocenters. The summed E-state index contributed by atoms with van der Waals surface area (Å²) in [4.78, 5) is 0. The van der Waals surface area contributed by atoms with Gasteiger partial charge in [-0.2, -0.15) is 0 Å². The van der Waals surface area contributed by atoms with Crippen molar-refractivity contribution in [2.75, 3.05) is 0 Å². The van der Waals surface area contributed by atoms with Gasteiger partial charge >= 0.3 is 0 Å². The van der Waals surface area contributed by atoms with Gasteiger partial charge in [-0.3, -0.25) is 4.39 Å². The predicted molar refractivity (Wildman–Crippen MR) is 71.3 cm³/mol. The van der Waals surface area contributed by atoms with Crippen molar-refractivity contribution in [2.24, 2.45) is 0 Å². The van der Waals surface area contributed by atoms with E-state index in [2.05, 4.69) is 6.92 Å². The van der Waals surface area contributed by atoms with Crippen molar-refractivity contribution < 1.29 is 4.39 Å². The maximum atomic E-state index is 12.5. The second kappa shape index (κ2) is 12.2. The summed E-state index contributed by atoms with van der Waals surface area (Å²) in [5.41, 5.74) is 0. The van der Waals surface area contributed by atoms with Crippen LogP contribution in [-0.4, -0.2) is 16.0 Å². The molecule has 0 aromatic heterocycles. The summed E-state index contributed by atoms with van der Waals surface area (Å²) in [7, 11) is 0.723. The molecule has 1 atom stereocenters. The highest BCUT2D eigenvalue weighted by Gasteiger charge is 1.97. The van der Waals surface area contributed by atoms with E-state index < -0.39 is 5.79 Å². The quantitative estimate of drug-likeness (QED) is 0.374. The van der Waals surface area contributed by atoms with Gasteiger partial charge in [0.1, 0.15) is 0 Å². The van der Waals surface area contributed by atoms with Crippen LogP contribution in [0.3, 0.4) is 0 Å². The van der Waals surface area contributed by atoms with Gasteiger partial charge in [-0.05, 0) is 6.42 Å². The zero-order valence-electron chi connectivity index (χ0n) is 10.7. The summed E-state index contributed by atoms with van der Waals surface area (Å²) >= 11 is 0. The molecule has 0 saturated heterocycles. The van der Waals surface area contributed by atoms with E-state index in [1.165, 1.54) is 57.8 Å². The van der Waals surface area contributed by atoms with Gasteiger partial charge in [0.15, 0.2) is 0 Å². The fraction of sp³-hybridized carbons (Fsp3) is 1.00. The zero-order valence-corrected chi connectivity index (χ0v) is 12.7. The average Bonchev–Trinajstić information content (AvgIpc) is 2.20. The number of hydrogen-bond donors (Lipinski definition) is 0. The summed E-state index contributed by atoms with van der Waals surface area (Å²) < 4.78 is 12.5. The molecular weight excluding hydrogens is 203 g/mol. The second-order valence-corrected chi connectivity index (χ2v) is 6.00. The Morgan fingerprint density at radius 2 is 1.20 bits per heavy atom. The van der Waals surface area contributed by atoms with Gasteiger partial charge in [0.2, 0.25) is 0 Å². The van der Waals surface area contributed by atoms with E-state index in [1.54, 1.807) is 0 Å². The second-order valence-electron chi connectivity index (χ2n) is 4.75. The van der Waals surface area contributed by atoms with E-state index in [9.17, 15) is 4.39 Å². The maximum Gasteiger partial charge on any atom is 0.0797 e. The molecule has 0 fully saturated rings. The van der Waals surface area contributed by atoms with Crippen LogP contribution in [0.1, 0.15) is 77.6 Å². The van der Waals surface area contributed by atoms with Crippen LogP contribution >= 0.6 is 0 Å². The molecular formula is C13H29FSi. The van der Waals surface area contributed by atoms with Gasteiger partial charge in [-0.25, -0.2) is 0 Å². The van der Waals surface area contributed by atoms with Crippen molar-refractivity contribution in [3.63, 3.8) is 0 Å². The third kappa shape index (κ3) is 14.1. The Bertz CT molecular complexity index is 115. The molecule has 2 heteroatoms. The lowest BCUT2D eigenvalue weighted by Gasteiger charge is -2.03. The molecule has 0 rings (SSSR count). The number of alkyl halides is 1. The van der Waals surface area contributed by atoms with Crippen LogP contribution in [0.15, 0.2) is 0 Å². The summed E-state index contributed by atoms with van der Waals surface area (Å²) in [6, 6.07) is 0. The Morgan fingerprint density at radius 3 is 1.60 bits per heavy atom. The van der Waals surface area contributed by atoms with Gasteiger partial charge < -0.3 is 0 Å². The minimum Gasteiger partial charge on any atom is -0.253 e. The van der Waals surface area contributed by atoms with Crippen molar-refractivity contribution in [2.45, 2.75) is 83.3 Å². The molecule has 0 bridgehead atoms. The Morgan fingerprint density at radius 1 is 0.800 bits per heavy atom. The van der Waals surface area contributed by atoms with E-state index in [0.29, 0.717) is 0 Å². The van der Waals surface area contributed by atoms with Crippen LogP contribution in [0, 0.1) is 0 Å². The van der Waals surface area contributed by atoms with Crippen LogP contribution in [0.5, 0.6) is 0 Å². The largest absolute Gasteiger partial charge is 0.253 e. The van der Waals surface area contributed by atoms with Gasteiger partial charge in [-0.15, -0.1) is 0 Å². The summed E-state index contributed by atoms with van der Waals surface area (Å²) in [6.45, 7) is 2.26. The van der Waals surface area contributed by atoms with Gasteiger partial charge in [0.05, 0.1) is 5.79 Å². The molecule has 15 heavy (non-hydrogen) atoms. The zero-order chi connectivity index (χ0) is 11.4. The minimum absolute atomic E-state index is 0.459. The van der Waals surface area contributed by atoms with E-state index >= 15 is 0 Å². The first-order valence-electron chi connectivity index (χ1n) is 6.91. The number of halogens is 1. The number of unbranched alkanes of at least 4 members (excludes halogenated alkanes) is 9.